The lowest BCUT2D eigenvalue weighted by molar-refractivity contribution is -0.255. The van der Waals surface area contributed by atoms with Gasteiger partial charge in [-0.3, -0.25) is 5.43 Å². The summed E-state index contributed by atoms with van der Waals surface area (Å²) in [5, 5.41) is 14.9. The summed E-state index contributed by atoms with van der Waals surface area (Å²) in [7, 11) is -3.49. The molecule has 7 nitrogen and oxygen atoms in total. The molecular formula is C18H20N3O4S-. The topological polar surface area (TPSA) is 111 Å². The lowest BCUT2D eigenvalue weighted by Gasteiger charge is -2.08. The number of sulfonamides is 1. The Kier molecular flexibility index (Phi) is 6.48. The van der Waals surface area contributed by atoms with Crippen LogP contribution in [0.15, 0.2) is 58.5 Å². The summed E-state index contributed by atoms with van der Waals surface area (Å²) in [5.74, 6) is -1.24. The number of carboxylic acid groups (broad SMARTS) is 1. The van der Waals surface area contributed by atoms with Crippen LogP contribution in [0.4, 0.5) is 5.69 Å². The van der Waals surface area contributed by atoms with Crippen molar-refractivity contribution in [1.82, 2.24) is 4.72 Å². The van der Waals surface area contributed by atoms with Crippen LogP contribution in [0.3, 0.4) is 0 Å². The highest BCUT2D eigenvalue weighted by atomic mass is 32.2. The Balaban J connectivity index is 2.08. The molecule has 0 fully saturated rings. The fourth-order valence-corrected chi connectivity index (χ4v) is 3.22. The highest BCUT2D eigenvalue weighted by Gasteiger charge is 2.12. The maximum atomic E-state index is 12.1. The van der Waals surface area contributed by atoms with Crippen molar-refractivity contribution in [2.24, 2.45) is 5.10 Å². The number of benzene rings is 2. The minimum Gasteiger partial charge on any atom is -0.545 e. The molecule has 0 aliphatic rings. The van der Waals surface area contributed by atoms with Crippen LogP contribution in [-0.2, 0) is 10.0 Å². The standard InChI is InChI=1S/C18H21N3O4S/c1-3-12-19-26(24,25)17-10-6-14(7-11-17)13(2)20-21-16-8-4-15(5-9-16)18(22)23/h4-11,19,21H,3,12H2,1-2H3,(H,22,23)/p-1/b20-13-. The molecule has 0 amide bonds. The molecule has 0 unspecified atom stereocenters. The number of carbonyl (C=O) groups excluding carboxylic acids is 1. The molecule has 0 heterocycles. The quantitative estimate of drug-likeness (QED) is 0.538. The third kappa shape index (κ3) is 5.14. The number of hydrogen-bond acceptors (Lipinski definition) is 6. The first kappa shape index (κ1) is 19.6. The molecule has 26 heavy (non-hydrogen) atoms. The minimum absolute atomic E-state index is 0.0877. The average Bonchev–Trinajstić information content (AvgIpc) is 2.65. The molecule has 0 bridgehead atoms. The Hall–Kier alpha value is -2.71. The molecule has 0 saturated heterocycles. The van der Waals surface area contributed by atoms with E-state index in [9.17, 15) is 18.3 Å². The second-order valence-electron chi connectivity index (χ2n) is 5.60. The SMILES string of the molecule is CCCNS(=O)(=O)c1ccc(/C(C)=N\Nc2ccc(C(=O)[O-])cc2)cc1. The molecule has 0 spiro atoms. The van der Waals surface area contributed by atoms with Crippen LogP contribution < -0.4 is 15.3 Å². The van der Waals surface area contributed by atoms with Gasteiger partial charge in [0.15, 0.2) is 0 Å². The van der Waals surface area contributed by atoms with Gasteiger partial charge in [-0.2, -0.15) is 5.10 Å². The zero-order chi connectivity index (χ0) is 19.2. The van der Waals surface area contributed by atoms with E-state index in [-0.39, 0.29) is 10.5 Å². The van der Waals surface area contributed by atoms with Gasteiger partial charge in [0.1, 0.15) is 0 Å². The Morgan fingerprint density at radius 1 is 1.04 bits per heavy atom. The monoisotopic (exact) mass is 374 g/mol. The van der Waals surface area contributed by atoms with Crippen molar-refractivity contribution in [3.05, 3.63) is 59.7 Å². The van der Waals surface area contributed by atoms with Gasteiger partial charge >= 0.3 is 0 Å². The smallest absolute Gasteiger partial charge is 0.240 e. The van der Waals surface area contributed by atoms with Gasteiger partial charge in [0.25, 0.3) is 0 Å². The van der Waals surface area contributed by atoms with Crippen LogP contribution in [-0.4, -0.2) is 26.6 Å². The van der Waals surface area contributed by atoms with E-state index in [0.29, 0.717) is 17.9 Å². The van der Waals surface area contributed by atoms with Gasteiger partial charge in [-0.15, -0.1) is 0 Å². The molecule has 0 atom stereocenters. The Morgan fingerprint density at radius 3 is 2.15 bits per heavy atom. The molecule has 0 aliphatic heterocycles. The van der Waals surface area contributed by atoms with Gasteiger partial charge in [-0.25, -0.2) is 13.1 Å². The van der Waals surface area contributed by atoms with Gasteiger partial charge in [0.2, 0.25) is 10.0 Å². The van der Waals surface area contributed by atoms with E-state index in [4.69, 9.17) is 0 Å². The van der Waals surface area contributed by atoms with Crippen molar-refractivity contribution < 1.29 is 18.3 Å². The lowest BCUT2D eigenvalue weighted by Crippen LogP contribution is -2.24. The molecule has 0 aliphatic carbocycles. The summed E-state index contributed by atoms with van der Waals surface area (Å²) in [6.07, 6.45) is 0.721. The fraction of sp³-hybridized carbons (Fsp3) is 0.222. The van der Waals surface area contributed by atoms with Gasteiger partial charge in [0, 0.05) is 6.54 Å². The normalized spacial score (nSPS) is 12.0. The third-order valence-electron chi connectivity index (χ3n) is 3.60. The van der Waals surface area contributed by atoms with E-state index < -0.39 is 16.0 Å². The van der Waals surface area contributed by atoms with Crippen molar-refractivity contribution in [2.45, 2.75) is 25.2 Å². The number of carbonyl (C=O) groups is 1. The number of hydrogen-bond donors (Lipinski definition) is 2. The largest absolute Gasteiger partial charge is 0.545 e. The Morgan fingerprint density at radius 2 is 1.62 bits per heavy atom. The second-order valence-corrected chi connectivity index (χ2v) is 7.36. The summed E-state index contributed by atoms with van der Waals surface area (Å²) in [6.45, 7) is 4.07. The highest BCUT2D eigenvalue weighted by molar-refractivity contribution is 7.89. The van der Waals surface area contributed by atoms with Crippen molar-refractivity contribution in [2.75, 3.05) is 12.0 Å². The van der Waals surface area contributed by atoms with Crippen molar-refractivity contribution in [3.63, 3.8) is 0 Å². The predicted molar refractivity (Wildman–Crippen MR) is 98.5 cm³/mol. The maximum absolute atomic E-state index is 12.1. The summed E-state index contributed by atoms with van der Waals surface area (Å²) >= 11 is 0. The lowest BCUT2D eigenvalue weighted by atomic mass is 10.1. The summed E-state index contributed by atoms with van der Waals surface area (Å²) in [6, 6.07) is 12.4. The molecule has 138 valence electrons. The fourth-order valence-electron chi connectivity index (χ4n) is 2.09. The first-order valence-electron chi connectivity index (χ1n) is 8.05. The van der Waals surface area contributed by atoms with Crippen LogP contribution >= 0.6 is 0 Å². The Labute approximate surface area is 152 Å². The molecule has 2 rings (SSSR count). The van der Waals surface area contributed by atoms with Crippen molar-refractivity contribution >= 4 is 27.4 Å². The molecule has 2 N–H and O–H groups in total. The summed E-state index contributed by atoms with van der Waals surface area (Å²) in [4.78, 5) is 10.9. The third-order valence-corrected chi connectivity index (χ3v) is 5.07. The van der Waals surface area contributed by atoms with Crippen LogP contribution in [0.5, 0.6) is 0 Å². The first-order valence-corrected chi connectivity index (χ1v) is 9.53. The van der Waals surface area contributed by atoms with E-state index in [1.807, 2.05) is 6.92 Å². The Bertz CT molecular complexity index is 889. The summed E-state index contributed by atoms with van der Waals surface area (Å²) in [5.41, 5.74) is 4.95. The number of carboxylic acids is 1. The summed E-state index contributed by atoms with van der Waals surface area (Å²) < 4.78 is 26.6. The molecule has 0 aromatic heterocycles. The molecule has 8 heteroatoms. The first-order chi connectivity index (χ1) is 12.3. The van der Waals surface area contributed by atoms with E-state index in [1.165, 1.54) is 24.3 Å². The van der Waals surface area contributed by atoms with Crippen LogP contribution in [0.25, 0.3) is 0 Å². The zero-order valence-corrected chi connectivity index (χ0v) is 15.3. The highest BCUT2D eigenvalue weighted by Crippen LogP contribution is 2.13. The number of nitrogens with one attached hydrogen (secondary N) is 2. The number of nitrogens with zero attached hydrogens (tertiary/aromatic N) is 1. The molecular weight excluding hydrogens is 354 g/mol. The van der Waals surface area contributed by atoms with E-state index >= 15 is 0 Å². The van der Waals surface area contributed by atoms with E-state index in [2.05, 4.69) is 15.2 Å². The van der Waals surface area contributed by atoms with Crippen LogP contribution in [0.1, 0.15) is 36.2 Å². The van der Waals surface area contributed by atoms with E-state index in [1.54, 1.807) is 31.2 Å². The molecule has 2 aromatic rings. The average molecular weight is 374 g/mol. The van der Waals surface area contributed by atoms with Gasteiger partial charge in [-0.1, -0.05) is 31.2 Å². The van der Waals surface area contributed by atoms with Crippen molar-refractivity contribution in [1.29, 1.82) is 0 Å². The maximum Gasteiger partial charge on any atom is 0.240 e. The van der Waals surface area contributed by atoms with Crippen LogP contribution in [0, 0.1) is 0 Å². The van der Waals surface area contributed by atoms with Gasteiger partial charge in [-0.05, 0) is 48.7 Å². The van der Waals surface area contributed by atoms with Gasteiger partial charge < -0.3 is 9.90 Å². The number of aromatic carboxylic acids is 1. The minimum atomic E-state index is -3.49. The van der Waals surface area contributed by atoms with E-state index in [0.717, 1.165) is 12.0 Å². The second kappa shape index (κ2) is 8.59. The van der Waals surface area contributed by atoms with Gasteiger partial charge in [0.05, 0.1) is 22.3 Å². The molecule has 0 radical (unpaired) electrons. The number of anilines is 1. The molecule has 0 saturated carbocycles. The van der Waals surface area contributed by atoms with Crippen molar-refractivity contribution in [3.8, 4) is 0 Å². The zero-order valence-electron chi connectivity index (χ0n) is 14.5. The predicted octanol–water partition coefficient (Wildman–Crippen LogP) is 1.57. The van der Waals surface area contributed by atoms with Crippen LogP contribution in [0.2, 0.25) is 0 Å². The molecule has 2 aromatic carbocycles. The number of rotatable bonds is 8. The number of hydrazone groups is 1.